The van der Waals surface area contributed by atoms with Gasteiger partial charge in [-0.1, -0.05) is 6.07 Å². The van der Waals surface area contributed by atoms with E-state index in [4.69, 9.17) is 19.2 Å². The maximum Gasteiger partial charge on any atom is 0.375 e. The molecule has 92 valence electrons. The smallest absolute Gasteiger partial charge is 0.359 e. The zero-order valence-electron chi connectivity index (χ0n) is 9.65. The van der Waals surface area contributed by atoms with Crippen molar-refractivity contribution in [1.29, 1.82) is 0 Å². The summed E-state index contributed by atoms with van der Waals surface area (Å²) >= 11 is 0. The summed E-state index contributed by atoms with van der Waals surface area (Å²) in [5, 5.41) is 0. The van der Waals surface area contributed by atoms with Crippen LogP contribution in [0, 0.1) is 5.82 Å². The first-order valence-electron chi connectivity index (χ1n) is 5.44. The van der Waals surface area contributed by atoms with Crippen molar-refractivity contribution < 1.29 is 23.6 Å². The average Bonchev–Trinajstić information content (AvgIpc) is 2.85. The van der Waals surface area contributed by atoms with Crippen LogP contribution in [0.1, 0.15) is 5.56 Å². The van der Waals surface area contributed by atoms with Crippen molar-refractivity contribution >= 4 is 12.4 Å². The molecule has 0 aromatic heterocycles. The van der Waals surface area contributed by atoms with Gasteiger partial charge in [0.15, 0.2) is 0 Å². The van der Waals surface area contributed by atoms with Crippen LogP contribution in [0.15, 0.2) is 18.2 Å². The minimum atomic E-state index is -0.286. The molecule has 0 N–H and O–H groups in total. The van der Waals surface area contributed by atoms with Gasteiger partial charge < -0.3 is 9.47 Å². The number of hydrogen-bond acceptors (Lipinski definition) is 4. The molecule has 0 aliphatic carbocycles. The number of rotatable bonds is 5. The number of hydrogen-bond donors (Lipinski definition) is 0. The lowest BCUT2D eigenvalue weighted by molar-refractivity contribution is -0.184. The van der Waals surface area contributed by atoms with Gasteiger partial charge >= 0.3 is 6.92 Å². The van der Waals surface area contributed by atoms with E-state index in [0.29, 0.717) is 13.2 Å². The van der Waals surface area contributed by atoms with Crippen LogP contribution in [0.3, 0.4) is 0 Å². The Kier molecular flexibility index (Phi) is 4.50. The van der Waals surface area contributed by atoms with Gasteiger partial charge in [0.2, 0.25) is 0 Å². The molecule has 1 saturated heterocycles. The van der Waals surface area contributed by atoms with Gasteiger partial charge in [-0.15, -0.1) is 0 Å². The predicted octanol–water partition coefficient (Wildman–Crippen LogP) is 1.11. The van der Waals surface area contributed by atoms with Crippen molar-refractivity contribution in [1.82, 2.24) is 0 Å². The second kappa shape index (κ2) is 6.11. The molecule has 2 rings (SSSR count). The van der Waals surface area contributed by atoms with Crippen molar-refractivity contribution in [2.75, 3.05) is 20.5 Å². The van der Waals surface area contributed by atoms with Gasteiger partial charge in [-0.3, -0.25) is 9.69 Å². The molecule has 6 heteroatoms. The lowest BCUT2D eigenvalue weighted by Gasteiger charge is -2.11. The predicted molar refractivity (Wildman–Crippen MR) is 60.3 cm³/mol. The first-order chi connectivity index (χ1) is 8.31. The molecule has 1 heterocycles. The minimum absolute atomic E-state index is 0.207. The van der Waals surface area contributed by atoms with Crippen molar-refractivity contribution in [2.24, 2.45) is 0 Å². The monoisotopic (exact) mass is 240 g/mol. The van der Waals surface area contributed by atoms with Crippen LogP contribution in [0.25, 0.3) is 0 Å². The molecular formula is C11H14BFO4. The lowest BCUT2D eigenvalue weighted by atomic mass is 9.58. The second-order valence-corrected chi connectivity index (χ2v) is 3.79. The summed E-state index contributed by atoms with van der Waals surface area (Å²) in [7, 11) is 1.56. The molecule has 0 atom stereocenters. The summed E-state index contributed by atoms with van der Waals surface area (Å²) in [6, 6.07) is 4.57. The first kappa shape index (κ1) is 12.5. The van der Waals surface area contributed by atoms with Crippen LogP contribution >= 0.6 is 0 Å². The molecule has 4 nitrogen and oxygen atoms in total. The quantitative estimate of drug-likeness (QED) is 0.334. The normalized spacial score (nSPS) is 15.5. The van der Waals surface area contributed by atoms with Gasteiger partial charge in [0.1, 0.15) is 12.6 Å². The van der Waals surface area contributed by atoms with Gasteiger partial charge in [0.25, 0.3) is 0 Å². The van der Waals surface area contributed by atoms with Crippen LogP contribution in [-0.2, 0) is 25.8 Å². The third-order valence-electron chi connectivity index (χ3n) is 2.56. The highest BCUT2D eigenvalue weighted by Crippen LogP contribution is 2.11. The number of benzene rings is 1. The van der Waals surface area contributed by atoms with E-state index in [1.807, 2.05) is 0 Å². The maximum atomic E-state index is 13.2. The van der Waals surface area contributed by atoms with Crippen molar-refractivity contribution in [2.45, 2.75) is 12.9 Å². The molecule has 1 aliphatic heterocycles. The Bertz CT molecular complexity index is 368. The van der Waals surface area contributed by atoms with E-state index in [-0.39, 0.29) is 19.5 Å². The summed E-state index contributed by atoms with van der Waals surface area (Å²) in [6.45, 7) is 0.883. The minimum Gasteiger partial charge on any atom is -0.359 e. The molecule has 0 saturated carbocycles. The fourth-order valence-electron chi connectivity index (χ4n) is 1.77. The Labute approximate surface area is 99.7 Å². The maximum absolute atomic E-state index is 13.2. The Morgan fingerprint density at radius 2 is 2.35 bits per heavy atom. The first-order valence-corrected chi connectivity index (χ1v) is 5.44. The highest BCUT2D eigenvalue weighted by molar-refractivity contribution is 6.68. The molecule has 1 aliphatic rings. The highest BCUT2D eigenvalue weighted by atomic mass is 19.1. The zero-order chi connectivity index (χ0) is 12.1. The van der Waals surface area contributed by atoms with Crippen molar-refractivity contribution in [3.05, 3.63) is 29.6 Å². The van der Waals surface area contributed by atoms with Gasteiger partial charge in [0, 0.05) is 7.11 Å². The SMILES string of the molecule is COCOCc1ccc(F)cc1B1CCOO1. The van der Waals surface area contributed by atoms with Crippen LogP contribution < -0.4 is 5.46 Å². The van der Waals surface area contributed by atoms with E-state index in [1.54, 1.807) is 13.2 Å². The second-order valence-electron chi connectivity index (χ2n) is 3.79. The van der Waals surface area contributed by atoms with Gasteiger partial charge in [-0.2, -0.15) is 0 Å². The molecule has 0 spiro atoms. The largest absolute Gasteiger partial charge is 0.375 e. The van der Waals surface area contributed by atoms with Crippen molar-refractivity contribution in [3.8, 4) is 0 Å². The van der Waals surface area contributed by atoms with E-state index in [1.165, 1.54) is 12.1 Å². The molecule has 0 radical (unpaired) electrons. The summed E-state index contributed by atoms with van der Waals surface area (Å²) < 4.78 is 23.3. The van der Waals surface area contributed by atoms with E-state index in [9.17, 15) is 4.39 Å². The highest BCUT2D eigenvalue weighted by Gasteiger charge is 2.28. The standard InChI is InChI=1S/C11H14BFO4/c1-14-8-15-7-9-2-3-10(13)6-11(9)12-4-5-16-17-12/h2-3,6H,4-5,7-8H2,1H3. The molecular weight excluding hydrogens is 226 g/mol. The molecule has 1 aromatic carbocycles. The number of halogens is 1. The van der Waals surface area contributed by atoms with Gasteiger partial charge in [0.05, 0.1) is 13.2 Å². The summed E-state index contributed by atoms with van der Waals surface area (Å²) in [5.41, 5.74) is 1.66. The molecule has 1 aromatic rings. The summed E-state index contributed by atoms with van der Waals surface area (Å²) in [4.78, 5) is 9.93. The van der Waals surface area contributed by atoms with E-state index in [0.717, 1.165) is 17.3 Å². The van der Waals surface area contributed by atoms with E-state index >= 15 is 0 Å². The van der Waals surface area contributed by atoms with Crippen LogP contribution in [0.2, 0.25) is 6.32 Å². The summed E-state index contributed by atoms with van der Waals surface area (Å²) in [5.74, 6) is -0.286. The topological polar surface area (TPSA) is 36.9 Å². The van der Waals surface area contributed by atoms with Gasteiger partial charge in [-0.05, 0) is 29.5 Å². The van der Waals surface area contributed by atoms with Crippen LogP contribution in [-0.4, -0.2) is 27.4 Å². The van der Waals surface area contributed by atoms with Crippen molar-refractivity contribution in [3.63, 3.8) is 0 Å². The number of methoxy groups -OCH3 is 1. The summed E-state index contributed by atoms with van der Waals surface area (Å²) in [6.07, 6.45) is 0.723. The molecule has 17 heavy (non-hydrogen) atoms. The average molecular weight is 240 g/mol. The van der Waals surface area contributed by atoms with Crippen LogP contribution in [0.4, 0.5) is 4.39 Å². The Morgan fingerprint density at radius 3 is 3.06 bits per heavy atom. The molecule has 0 bridgehead atoms. The Morgan fingerprint density at radius 1 is 1.47 bits per heavy atom. The lowest BCUT2D eigenvalue weighted by Crippen LogP contribution is -2.33. The fraction of sp³-hybridized carbons (Fsp3) is 0.455. The van der Waals surface area contributed by atoms with Gasteiger partial charge in [-0.25, -0.2) is 4.39 Å². The van der Waals surface area contributed by atoms with E-state index < -0.39 is 0 Å². The third-order valence-corrected chi connectivity index (χ3v) is 2.56. The molecule has 0 unspecified atom stereocenters. The third kappa shape index (κ3) is 3.26. The zero-order valence-corrected chi connectivity index (χ0v) is 9.65. The fourth-order valence-corrected chi connectivity index (χ4v) is 1.77. The Balaban J connectivity index is 2.12. The Hall–Kier alpha value is -0.945. The molecule has 0 amide bonds. The van der Waals surface area contributed by atoms with E-state index in [2.05, 4.69) is 0 Å². The molecule has 1 fully saturated rings. The van der Waals surface area contributed by atoms with Crippen LogP contribution in [0.5, 0.6) is 0 Å². The number of ether oxygens (including phenoxy) is 2.